The average molecular weight is 354 g/mol. The SMILES string of the molecule is O=C(NCc1ccc(N2CCCC2)nc1)Nc1ccc2c(c1)OCCO2. The van der Waals surface area contributed by atoms with Crippen molar-refractivity contribution in [3.05, 3.63) is 42.1 Å². The van der Waals surface area contributed by atoms with Crippen molar-refractivity contribution in [2.75, 3.05) is 36.5 Å². The van der Waals surface area contributed by atoms with Gasteiger partial charge in [0.1, 0.15) is 19.0 Å². The molecule has 7 nitrogen and oxygen atoms in total. The number of amides is 2. The number of nitrogens with one attached hydrogen (secondary N) is 2. The lowest BCUT2D eigenvalue weighted by Gasteiger charge is -2.19. The highest BCUT2D eigenvalue weighted by Gasteiger charge is 2.14. The first-order valence-corrected chi connectivity index (χ1v) is 8.92. The van der Waals surface area contributed by atoms with Gasteiger partial charge in [-0.05, 0) is 36.6 Å². The summed E-state index contributed by atoms with van der Waals surface area (Å²) in [6.07, 6.45) is 4.27. The maximum absolute atomic E-state index is 12.1. The molecule has 2 N–H and O–H groups in total. The molecule has 0 spiro atoms. The average Bonchev–Trinajstić information content (AvgIpc) is 3.21. The summed E-state index contributed by atoms with van der Waals surface area (Å²) >= 11 is 0. The molecule has 0 radical (unpaired) electrons. The van der Waals surface area contributed by atoms with Gasteiger partial charge in [-0.25, -0.2) is 9.78 Å². The van der Waals surface area contributed by atoms with Crippen molar-refractivity contribution < 1.29 is 14.3 Å². The van der Waals surface area contributed by atoms with Gasteiger partial charge in [0.05, 0.1) is 0 Å². The first-order valence-electron chi connectivity index (χ1n) is 8.92. The molecule has 2 aromatic rings. The molecule has 1 saturated heterocycles. The maximum Gasteiger partial charge on any atom is 0.319 e. The van der Waals surface area contributed by atoms with E-state index in [4.69, 9.17) is 9.47 Å². The van der Waals surface area contributed by atoms with Crippen LogP contribution in [0.15, 0.2) is 36.5 Å². The molecule has 0 saturated carbocycles. The van der Waals surface area contributed by atoms with Crippen molar-refractivity contribution in [3.63, 3.8) is 0 Å². The number of carbonyl (C=O) groups is 1. The van der Waals surface area contributed by atoms with Crippen molar-refractivity contribution in [1.29, 1.82) is 0 Å². The van der Waals surface area contributed by atoms with E-state index in [0.717, 1.165) is 24.5 Å². The molecule has 26 heavy (non-hydrogen) atoms. The smallest absolute Gasteiger partial charge is 0.319 e. The van der Waals surface area contributed by atoms with Crippen molar-refractivity contribution in [3.8, 4) is 11.5 Å². The van der Waals surface area contributed by atoms with E-state index < -0.39 is 0 Å². The van der Waals surface area contributed by atoms with Gasteiger partial charge in [-0.2, -0.15) is 0 Å². The molecule has 2 aliphatic rings. The second kappa shape index (κ2) is 7.51. The Bertz CT molecular complexity index is 773. The highest BCUT2D eigenvalue weighted by molar-refractivity contribution is 5.89. The lowest BCUT2D eigenvalue weighted by molar-refractivity contribution is 0.171. The zero-order valence-electron chi connectivity index (χ0n) is 14.5. The molecule has 1 aromatic carbocycles. The summed E-state index contributed by atoms with van der Waals surface area (Å²) in [7, 11) is 0. The third-order valence-corrected chi connectivity index (χ3v) is 4.49. The summed E-state index contributed by atoms with van der Waals surface area (Å²) in [6, 6.07) is 9.10. The second-order valence-electron chi connectivity index (χ2n) is 6.38. The summed E-state index contributed by atoms with van der Waals surface area (Å²) in [4.78, 5) is 18.9. The van der Waals surface area contributed by atoms with Gasteiger partial charge in [0, 0.05) is 37.6 Å². The van der Waals surface area contributed by atoms with Crippen LogP contribution in [-0.2, 0) is 6.54 Å². The Morgan fingerprint density at radius 1 is 1.08 bits per heavy atom. The zero-order chi connectivity index (χ0) is 17.8. The van der Waals surface area contributed by atoms with Crippen LogP contribution in [0, 0.1) is 0 Å². The minimum atomic E-state index is -0.273. The normalized spacial score (nSPS) is 15.6. The topological polar surface area (TPSA) is 75.7 Å². The number of benzene rings is 1. The first-order chi connectivity index (χ1) is 12.8. The van der Waals surface area contributed by atoms with E-state index in [9.17, 15) is 4.79 Å². The fraction of sp³-hybridized carbons (Fsp3) is 0.368. The van der Waals surface area contributed by atoms with Crippen molar-refractivity contribution in [2.45, 2.75) is 19.4 Å². The maximum atomic E-state index is 12.1. The van der Waals surface area contributed by atoms with Gasteiger partial charge in [-0.3, -0.25) is 0 Å². The van der Waals surface area contributed by atoms with E-state index in [0.29, 0.717) is 36.9 Å². The fourth-order valence-electron chi connectivity index (χ4n) is 3.13. The van der Waals surface area contributed by atoms with Crippen LogP contribution < -0.4 is 25.0 Å². The molecule has 1 aromatic heterocycles. The summed E-state index contributed by atoms with van der Waals surface area (Å²) < 4.78 is 11.0. The lowest BCUT2D eigenvalue weighted by atomic mass is 10.2. The summed E-state index contributed by atoms with van der Waals surface area (Å²) in [5, 5.41) is 5.64. The van der Waals surface area contributed by atoms with Crippen molar-refractivity contribution >= 4 is 17.5 Å². The molecule has 2 amide bonds. The van der Waals surface area contributed by atoms with E-state index in [1.165, 1.54) is 12.8 Å². The van der Waals surface area contributed by atoms with Crippen LogP contribution in [0.25, 0.3) is 0 Å². The number of urea groups is 1. The molecule has 136 valence electrons. The molecule has 3 heterocycles. The van der Waals surface area contributed by atoms with Crippen LogP contribution in [-0.4, -0.2) is 37.3 Å². The van der Waals surface area contributed by atoms with Gasteiger partial charge >= 0.3 is 6.03 Å². The Morgan fingerprint density at radius 3 is 2.65 bits per heavy atom. The van der Waals surface area contributed by atoms with E-state index >= 15 is 0 Å². The Hall–Kier alpha value is -2.96. The number of ether oxygens (including phenoxy) is 2. The van der Waals surface area contributed by atoms with Crippen LogP contribution >= 0.6 is 0 Å². The number of fused-ring (bicyclic) bond motifs is 1. The third kappa shape index (κ3) is 3.82. The highest BCUT2D eigenvalue weighted by atomic mass is 16.6. The number of hydrogen-bond acceptors (Lipinski definition) is 5. The van der Waals surface area contributed by atoms with Crippen LogP contribution in [0.1, 0.15) is 18.4 Å². The van der Waals surface area contributed by atoms with Gasteiger partial charge in [-0.15, -0.1) is 0 Å². The van der Waals surface area contributed by atoms with Gasteiger partial charge in [-0.1, -0.05) is 6.07 Å². The minimum absolute atomic E-state index is 0.273. The minimum Gasteiger partial charge on any atom is -0.486 e. The van der Waals surface area contributed by atoms with Crippen LogP contribution in [0.4, 0.5) is 16.3 Å². The molecule has 4 rings (SSSR count). The standard InChI is InChI=1S/C19H22N4O3/c24-19(22-15-4-5-16-17(11-15)26-10-9-25-16)21-13-14-3-6-18(20-12-14)23-7-1-2-8-23/h3-6,11-12H,1-2,7-10,13H2,(H2,21,22,24). The van der Waals surface area contributed by atoms with E-state index in [1.54, 1.807) is 18.2 Å². The van der Waals surface area contributed by atoms with E-state index in [2.05, 4.69) is 20.5 Å². The summed E-state index contributed by atoms with van der Waals surface area (Å²) in [6.45, 7) is 3.63. The van der Waals surface area contributed by atoms with Crippen molar-refractivity contribution in [1.82, 2.24) is 10.3 Å². The number of anilines is 2. The van der Waals surface area contributed by atoms with E-state index in [1.807, 2.05) is 18.3 Å². The monoisotopic (exact) mass is 354 g/mol. The molecule has 1 fully saturated rings. The molecular formula is C19H22N4O3. The highest BCUT2D eigenvalue weighted by Crippen LogP contribution is 2.32. The molecule has 0 atom stereocenters. The van der Waals surface area contributed by atoms with Gasteiger partial charge in [0.25, 0.3) is 0 Å². The van der Waals surface area contributed by atoms with Gasteiger partial charge in [0.2, 0.25) is 0 Å². The Balaban J connectivity index is 1.29. The Kier molecular flexibility index (Phi) is 4.77. The van der Waals surface area contributed by atoms with Crippen LogP contribution in [0.5, 0.6) is 11.5 Å². The third-order valence-electron chi connectivity index (χ3n) is 4.49. The molecule has 0 unspecified atom stereocenters. The number of nitrogens with zero attached hydrogens (tertiary/aromatic N) is 2. The van der Waals surface area contributed by atoms with Gasteiger partial charge < -0.3 is 25.0 Å². The molecular weight excluding hydrogens is 332 g/mol. The van der Waals surface area contributed by atoms with Crippen LogP contribution in [0.2, 0.25) is 0 Å². The zero-order valence-corrected chi connectivity index (χ0v) is 14.5. The largest absolute Gasteiger partial charge is 0.486 e. The van der Waals surface area contributed by atoms with Crippen LogP contribution in [0.3, 0.4) is 0 Å². The second-order valence-corrected chi connectivity index (χ2v) is 6.38. The fourth-order valence-corrected chi connectivity index (χ4v) is 3.13. The Labute approximate surface area is 152 Å². The predicted molar refractivity (Wildman–Crippen MR) is 99.0 cm³/mol. The Morgan fingerprint density at radius 2 is 1.88 bits per heavy atom. The van der Waals surface area contributed by atoms with Gasteiger partial charge in [0.15, 0.2) is 11.5 Å². The lowest BCUT2D eigenvalue weighted by Crippen LogP contribution is -2.28. The summed E-state index contributed by atoms with van der Waals surface area (Å²) in [5.41, 5.74) is 1.62. The number of aromatic nitrogens is 1. The molecule has 0 bridgehead atoms. The first kappa shape index (κ1) is 16.5. The quantitative estimate of drug-likeness (QED) is 0.883. The van der Waals surface area contributed by atoms with Crippen molar-refractivity contribution in [2.24, 2.45) is 0 Å². The van der Waals surface area contributed by atoms with E-state index in [-0.39, 0.29) is 6.03 Å². The molecule has 7 heteroatoms. The number of hydrogen-bond donors (Lipinski definition) is 2. The molecule has 2 aliphatic heterocycles. The summed E-state index contributed by atoms with van der Waals surface area (Å²) in [5.74, 6) is 2.36. The predicted octanol–water partition coefficient (Wildman–Crippen LogP) is 2.77. The number of carbonyl (C=O) groups excluding carboxylic acids is 1. The molecule has 0 aliphatic carbocycles. The number of pyridine rings is 1. The number of rotatable bonds is 4.